The Balaban J connectivity index is 1.70. The van der Waals surface area contributed by atoms with Crippen molar-refractivity contribution in [3.8, 4) is 11.5 Å². The zero-order valence-electron chi connectivity index (χ0n) is 14.5. The fraction of sp³-hybridized carbons (Fsp3) is 0.562. The molecule has 0 spiro atoms. The van der Waals surface area contributed by atoms with Gasteiger partial charge in [0.1, 0.15) is 11.5 Å². The van der Waals surface area contributed by atoms with Gasteiger partial charge in [-0.2, -0.15) is 0 Å². The largest absolute Gasteiger partial charge is 0.494 e. The smallest absolute Gasteiger partial charge is 0.209 e. The molecule has 132 valence electrons. The molecule has 1 aromatic carbocycles. The molecule has 0 unspecified atom stereocenters. The highest BCUT2D eigenvalue weighted by Gasteiger charge is 2.07. The molecule has 0 fully saturated rings. The van der Waals surface area contributed by atoms with E-state index in [-0.39, 0.29) is 0 Å². The molecule has 0 radical (unpaired) electrons. The molecule has 0 bridgehead atoms. The van der Waals surface area contributed by atoms with Crippen LogP contribution in [0.4, 0.5) is 0 Å². The standard InChI is InChI=1S/C16H25N5O2S/c1-4-11-22-14-5-7-15(8-6-14)23-12-13-24-16-17-18-19-21(16)10-9-20(2)3/h5-8H,4,9-13H2,1-3H3. The summed E-state index contributed by atoms with van der Waals surface area (Å²) in [5.74, 6) is 2.50. The van der Waals surface area contributed by atoms with E-state index < -0.39 is 0 Å². The SMILES string of the molecule is CCCOc1ccc(OCCSc2nnnn2CCN(C)C)cc1. The van der Waals surface area contributed by atoms with Crippen LogP contribution in [0.5, 0.6) is 11.5 Å². The van der Waals surface area contributed by atoms with Crippen molar-refractivity contribution in [3.05, 3.63) is 24.3 Å². The molecular formula is C16H25N5O2S. The summed E-state index contributed by atoms with van der Waals surface area (Å²) in [4.78, 5) is 2.10. The van der Waals surface area contributed by atoms with Gasteiger partial charge in [0.15, 0.2) is 0 Å². The van der Waals surface area contributed by atoms with Crippen molar-refractivity contribution in [2.24, 2.45) is 0 Å². The number of likely N-dealkylation sites (N-methyl/N-ethyl adjacent to an activating group) is 1. The van der Waals surface area contributed by atoms with Gasteiger partial charge in [-0.3, -0.25) is 0 Å². The van der Waals surface area contributed by atoms with Crippen LogP contribution in [0.3, 0.4) is 0 Å². The number of thioether (sulfide) groups is 1. The van der Waals surface area contributed by atoms with E-state index in [0.717, 1.165) is 48.5 Å². The lowest BCUT2D eigenvalue weighted by Crippen LogP contribution is -2.19. The van der Waals surface area contributed by atoms with E-state index in [0.29, 0.717) is 6.61 Å². The Morgan fingerprint density at radius 1 is 1.08 bits per heavy atom. The Bertz CT molecular complexity index is 588. The molecular weight excluding hydrogens is 326 g/mol. The second-order valence-corrected chi connectivity index (χ2v) is 6.57. The van der Waals surface area contributed by atoms with Crippen molar-refractivity contribution in [1.82, 2.24) is 25.1 Å². The lowest BCUT2D eigenvalue weighted by Gasteiger charge is -2.10. The maximum atomic E-state index is 5.74. The fourth-order valence-corrected chi connectivity index (χ4v) is 2.60. The predicted molar refractivity (Wildman–Crippen MR) is 94.8 cm³/mol. The topological polar surface area (TPSA) is 65.3 Å². The Morgan fingerprint density at radius 3 is 2.38 bits per heavy atom. The molecule has 0 saturated carbocycles. The van der Waals surface area contributed by atoms with Crippen molar-refractivity contribution in [2.45, 2.75) is 25.0 Å². The van der Waals surface area contributed by atoms with Gasteiger partial charge in [-0.25, -0.2) is 4.68 Å². The van der Waals surface area contributed by atoms with Gasteiger partial charge in [-0.1, -0.05) is 18.7 Å². The maximum Gasteiger partial charge on any atom is 0.209 e. The first kappa shape index (κ1) is 18.5. The number of nitrogens with zero attached hydrogens (tertiary/aromatic N) is 5. The molecule has 0 aliphatic rings. The average Bonchev–Trinajstić information content (AvgIpc) is 3.03. The van der Waals surface area contributed by atoms with Crippen molar-refractivity contribution in [1.29, 1.82) is 0 Å². The molecule has 2 rings (SSSR count). The highest BCUT2D eigenvalue weighted by atomic mass is 32.2. The number of hydrogen-bond acceptors (Lipinski definition) is 7. The van der Waals surface area contributed by atoms with Crippen LogP contribution in [0.25, 0.3) is 0 Å². The Labute approximate surface area is 147 Å². The van der Waals surface area contributed by atoms with Gasteiger partial charge in [0.05, 0.1) is 19.8 Å². The van der Waals surface area contributed by atoms with Crippen molar-refractivity contribution in [3.63, 3.8) is 0 Å². The van der Waals surface area contributed by atoms with E-state index in [1.807, 2.05) is 43.0 Å². The van der Waals surface area contributed by atoms with E-state index in [1.54, 1.807) is 11.8 Å². The van der Waals surface area contributed by atoms with Gasteiger partial charge in [-0.05, 0) is 55.2 Å². The Hall–Kier alpha value is -1.80. The highest BCUT2D eigenvalue weighted by molar-refractivity contribution is 7.99. The summed E-state index contributed by atoms with van der Waals surface area (Å²) in [5, 5.41) is 12.6. The summed E-state index contributed by atoms with van der Waals surface area (Å²) in [6.45, 7) is 5.11. The first-order chi connectivity index (χ1) is 11.7. The number of rotatable bonds is 11. The molecule has 0 N–H and O–H groups in total. The zero-order chi connectivity index (χ0) is 17.2. The number of tetrazole rings is 1. The molecule has 8 heteroatoms. The van der Waals surface area contributed by atoms with E-state index in [2.05, 4.69) is 27.3 Å². The van der Waals surface area contributed by atoms with Gasteiger partial charge in [0, 0.05) is 12.3 Å². The molecule has 0 aliphatic carbocycles. The minimum Gasteiger partial charge on any atom is -0.494 e. The van der Waals surface area contributed by atoms with E-state index in [1.165, 1.54) is 0 Å². The third-order valence-electron chi connectivity index (χ3n) is 3.14. The van der Waals surface area contributed by atoms with Crippen LogP contribution in [0.2, 0.25) is 0 Å². The van der Waals surface area contributed by atoms with Gasteiger partial charge in [-0.15, -0.1) is 5.10 Å². The van der Waals surface area contributed by atoms with Crippen molar-refractivity contribution >= 4 is 11.8 Å². The summed E-state index contributed by atoms with van der Waals surface area (Å²) in [5.41, 5.74) is 0. The lowest BCUT2D eigenvalue weighted by molar-refractivity contribution is 0.314. The van der Waals surface area contributed by atoms with Gasteiger partial charge in [0.25, 0.3) is 0 Å². The van der Waals surface area contributed by atoms with Crippen molar-refractivity contribution in [2.75, 3.05) is 39.6 Å². The van der Waals surface area contributed by atoms with E-state index in [4.69, 9.17) is 9.47 Å². The van der Waals surface area contributed by atoms with Crippen LogP contribution in [0.15, 0.2) is 29.4 Å². The summed E-state index contributed by atoms with van der Waals surface area (Å²) in [6, 6.07) is 7.72. The molecule has 2 aromatic rings. The third-order valence-corrected chi connectivity index (χ3v) is 4.06. The average molecular weight is 351 g/mol. The van der Waals surface area contributed by atoms with Crippen LogP contribution in [-0.2, 0) is 6.54 Å². The fourth-order valence-electron chi connectivity index (χ4n) is 1.88. The minimum atomic E-state index is 0.598. The number of aromatic nitrogens is 4. The number of benzene rings is 1. The van der Waals surface area contributed by atoms with Crippen LogP contribution in [0.1, 0.15) is 13.3 Å². The molecule has 0 saturated heterocycles. The normalized spacial score (nSPS) is 11.0. The summed E-state index contributed by atoms with van der Waals surface area (Å²) in [7, 11) is 4.06. The summed E-state index contributed by atoms with van der Waals surface area (Å²) < 4.78 is 13.1. The Morgan fingerprint density at radius 2 is 1.75 bits per heavy atom. The highest BCUT2D eigenvalue weighted by Crippen LogP contribution is 2.19. The van der Waals surface area contributed by atoms with Crippen LogP contribution < -0.4 is 9.47 Å². The quantitative estimate of drug-likeness (QED) is 0.454. The Kier molecular flexibility index (Phi) is 7.84. The molecule has 0 aliphatic heterocycles. The number of ether oxygens (including phenoxy) is 2. The molecule has 24 heavy (non-hydrogen) atoms. The monoisotopic (exact) mass is 351 g/mol. The second-order valence-electron chi connectivity index (χ2n) is 5.50. The van der Waals surface area contributed by atoms with Gasteiger partial charge >= 0.3 is 0 Å². The van der Waals surface area contributed by atoms with E-state index in [9.17, 15) is 0 Å². The number of hydrogen-bond donors (Lipinski definition) is 0. The van der Waals surface area contributed by atoms with Crippen LogP contribution in [-0.4, -0.2) is 64.7 Å². The first-order valence-corrected chi connectivity index (χ1v) is 9.07. The minimum absolute atomic E-state index is 0.598. The molecule has 0 atom stereocenters. The summed E-state index contributed by atoms with van der Waals surface area (Å²) in [6.07, 6.45) is 1.00. The van der Waals surface area contributed by atoms with Gasteiger partial charge in [0.2, 0.25) is 5.16 Å². The predicted octanol–water partition coefficient (Wildman–Crippen LogP) is 2.19. The van der Waals surface area contributed by atoms with Crippen molar-refractivity contribution < 1.29 is 9.47 Å². The molecule has 1 heterocycles. The second kappa shape index (κ2) is 10.1. The van der Waals surface area contributed by atoms with Gasteiger partial charge < -0.3 is 14.4 Å². The summed E-state index contributed by atoms with van der Waals surface area (Å²) >= 11 is 1.60. The first-order valence-electron chi connectivity index (χ1n) is 8.08. The van der Waals surface area contributed by atoms with Crippen LogP contribution in [0, 0.1) is 0 Å². The molecule has 0 amide bonds. The molecule has 7 nitrogen and oxygen atoms in total. The zero-order valence-corrected chi connectivity index (χ0v) is 15.3. The maximum absolute atomic E-state index is 5.74. The lowest BCUT2D eigenvalue weighted by atomic mass is 10.3. The third kappa shape index (κ3) is 6.37. The van der Waals surface area contributed by atoms with E-state index >= 15 is 0 Å². The van der Waals surface area contributed by atoms with Crippen LogP contribution >= 0.6 is 11.8 Å². The molecule has 1 aromatic heterocycles.